The Labute approximate surface area is 94.1 Å². The quantitative estimate of drug-likeness (QED) is 0.800. The molecular weight excluding hydrogens is 202 g/mol. The molecule has 0 saturated heterocycles. The molecule has 0 radical (unpaired) electrons. The Morgan fingerprint density at radius 1 is 1.31 bits per heavy atom. The van der Waals surface area contributed by atoms with E-state index in [1.54, 1.807) is 12.3 Å². The second kappa shape index (κ2) is 4.84. The van der Waals surface area contributed by atoms with Gasteiger partial charge in [0.25, 0.3) is 0 Å². The van der Waals surface area contributed by atoms with Crippen LogP contribution >= 0.6 is 0 Å². The standard InChI is InChI=1S/C13H15NO2/c1-2-3-8-16-10-4-5-11-12(9-10)14-7-6-13(11)15/h4-7,9H,2-3,8H2,1H3,(H,14,15). The number of ether oxygens (including phenoxy) is 1. The number of H-pyrrole nitrogens is 1. The minimum atomic E-state index is 0.0360. The van der Waals surface area contributed by atoms with Gasteiger partial charge in [0.05, 0.1) is 12.1 Å². The number of hydrogen-bond acceptors (Lipinski definition) is 2. The molecule has 2 aromatic rings. The highest BCUT2D eigenvalue weighted by atomic mass is 16.5. The molecule has 0 saturated carbocycles. The molecule has 3 nitrogen and oxygen atoms in total. The van der Waals surface area contributed by atoms with Crippen molar-refractivity contribution in [3.05, 3.63) is 40.7 Å². The van der Waals surface area contributed by atoms with E-state index in [1.165, 1.54) is 6.07 Å². The summed E-state index contributed by atoms with van der Waals surface area (Å²) < 4.78 is 5.57. The Morgan fingerprint density at radius 2 is 2.19 bits per heavy atom. The number of aromatic amines is 1. The molecule has 0 fully saturated rings. The first-order valence-electron chi connectivity index (χ1n) is 5.55. The third-order valence-corrected chi connectivity index (χ3v) is 2.50. The maximum absolute atomic E-state index is 11.5. The van der Waals surface area contributed by atoms with Gasteiger partial charge in [0.2, 0.25) is 0 Å². The molecule has 0 aliphatic rings. The van der Waals surface area contributed by atoms with Crippen LogP contribution in [-0.4, -0.2) is 11.6 Å². The van der Waals surface area contributed by atoms with Crippen LogP contribution in [0.1, 0.15) is 19.8 Å². The molecule has 0 atom stereocenters. The number of aromatic nitrogens is 1. The van der Waals surface area contributed by atoms with Crippen molar-refractivity contribution in [3.8, 4) is 5.75 Å². The zero-order valence-corrected chi connectivity index (χ0v) is 9.32. The molecule has 3 heteroatoms. The van der Waals surface area contributed by atoms with E-state index in [0.717, 1.165) is 30.7 Å². The van der Waals surface area contributed by atoms with Crippen LogP contribution in [0, 0.1) is 0 Å². The number of nitrogens with one attached hydrogen (secondary N) is 1. The van der Waals surface area contributed by atoms with E-state index in [9.17, 15) is 4.79 Å². The van der Waals surface area contributed by atoms with E-state index < -0.39 is 0 Å². The van der Waals surface area contributed by atoms with Gasteiger partial charge in [0.15, 0.2) is 5.43 Å². The Morgan fingerprint density at radius 3 is 3.00 bits per heavy atom. The van der Waals surface area contributed by atoms with Gasteiger partial charge in [-0.15, -0.1) is 0 Å². The molecule has 1 aromatic heterocycles. The van der Waals surface area contributed by atoms with Crippen LogP contribution in [0.3, 0.4) is 0 Å². The highest BCUT2D eigenvalue weighted by Gasteiger charge is 1.99. The SMILES string of the molecule is CCCCOc1ccc2c(=O)cc[nH]c2c1. The van der Waals surface area contributed by atoms with Gasteiger partial charge in [0.1, 0.15) is 5.75 Å². The first-order chi connectivity index (χ1) is 7.81. The van der Waals surface area contributed by atoms with Crippen molar-refractivity contribution >= 4 is 10.9 Å². The lowest BCUT2D eigenvalue weighted by molar-refractivity contribution is 0.310. The maximum Gasteiger partial charge on any atom is 0.189 e. The summed E-state index contributed by atoms with van der Waals surface area (Å²) in [6, 6.07) is 7.04. The second-order valence-corrected chi connectivity index (χ2v) is 3.75. The predicted molar refractivity (Wildman–Crippen MR) is 65.0 cm³/mol. The van der Waals surface area contributed by atoms with Crippen LogP contribution < -0.4 is 10.2 Å². The van der Waals surface area contributed by atoms with Crippen LogP contribution in [0.25, 0.3) is 10.9 Å². The Kier molecular flexibility index (Phi) is 3.25. The Bertz CT molecular complexity index is 531. The summed E-state index contributed by atoms with van der Waals surface area (Å²) in [5, 5.41) is 0.699. The molecule has 1 aromatic carbocycles. The van der Waals surface area contributed by atoms with Crippen LogP contribution in [0.15, 0.2) is 35.3 Å². The van der Waals surface area contributed by atoms with Crippen molar-refractivity contribution in [2.45, 2.75) is 19.8 Å². The molecule has 0 aliphatic carbocycles. The van der Waals surface area contributed by atoms with Crippen molar-refractivity contribution in [3.63, 3.8) is 0 Å². The Hall–Kier alpha value is -1.77. The fourth-order valence-electron chi connectivity index (χ4n) is 1.58. The summed E-state index contributed by atoms with van der Waals surface area (Å²) in [4.78, 5) is 14.5. The molecule has 84 valence electrons. The third-order valence-electron chi connectivity index (χ3n) is 2.50. The fraction of sp³-hybridized carbons (Fsp3) is 0.308. The zero-order valence-electron chi connectivity index (χ0n) is 9.32. The highest BCUT2D eigenvalue weighted by Crippen LogP contribution is 2.16. The van der Waals surface area contributed by atoms with E-state index in [4.69, 9.17) is 4.74 Å². The minimum Gasteiger partial charge on any atom is -0.494 e. The van der Waals surface area contributed by atoms with Gasteiger partial charge in [-0.1, -0.05) is 13.3 Å². The summed E-state index contributed by atoms with van der Waals surface area (Å²) in [6.45, 7) is 2.85. The molecule has 0 unspecified atom stereocenters. The summed E-state index contributed by atoms with van der Waals surface area (Å²) in [6.07, 6.45) is 3.81. The average Bonchev–Trinajstić information content (AvgIpc) is 2.30. The summed E-state index contributed by atoms with van der Waals surface area (Å²) in [5.74, 6) is 0.808. The molecule has 1 heterocycles. The lowest BCUT2D eigenvalue weighted by Gasteiger charge is -2.05. The van der Waals surface area contributed by atoms with Crippen molar-refractivity contribution in [2.75, 3.05) is 6.61 Å². The maximum atomic E-state index is 11.5. The van der Waals surface area contributed by atoms with Crippen LogP contribution in [0.4, 0.5) is 0 Å². The molecule has 2 rings (SSSR count). The third kappa shape index (κ3) is 2.24. The van der Waals surface area contributed by atoms with Gasteiger partial charge < -0.3 is 9.72 Å². The molecule has 0 amide bonds. The summed E-state index contributed by atoms with van der Waals surface area (Å²) in [7, 11) is 0. The fourth-order valence-corrected chi connectivity index (χ4v) is 1.58. The number of rotatable bonds is 4. The van der Waals surface area contributed by atoms with Gasteiger partial charge >= 0.3 is 0 Å². The molecular formula is C13H15NO2. The van der Waals surface area contributed by atoms with E-state index in [1.807, 2.05) is 12.1 Å². The van der Waals surface area contributed by atoms with E-state index in [-0.39, 0.29) is 5.43 Å². The molecule has 0 bridgehead atoms. The van der Waals surface area contributed by atoms with E-state index in [0.29, 0.717) is 5.39 Å². The molecule has 1 N–H and O–H groups in total. The first kappa shape index (κ1) is 10.7. The summed E-state index contributed by atoms with van der Waals surface area (Å²) in [5.41, 5.74) is 0.857. The molecule has 16 heavy (non-hydrogen) atoms. The minimum absolute atomic E-state index is 0.0360. The second-order valence-electron chi connectivity index (χ2n) is 3.75. The van der Waals surface area contributed by atoms with Gasteiger partial charge in [0, 0.05) is 23.7 Å². The monoisotopic (exact) mass is 217 g/mol. The van der Waals surface area contributed by atoms with Crippen LogP contribution in [0.2, 0.25) is 0 Å². The number of fused-ring (bicyclic) bond motifs is 1. The first-order valence-corrected chi connectivity index (χ1v) is 5.55. The molecule has 0 aliphatic heterocycles. The van der Waals surface area contributed by atoms with Crippen LogP contribution in [-0.2, 0) is 0 Å². The average molecular weight is 217 g/mol. The highest BCUT2D eigenvalue weighted by molar-refractivity contribution is 5.79. The van der Waals surface area contributed by atoms with Crippen LogP contribution in [0.5, 0.6) is 5.75 Å². The van der Waals surface area contributed by atoms with Gasteiger partial charge in [-0.2, -0.15) is 0 Å². The lowest BCUT2D eigenvalue weighted by atomic mass is 10.2. The predicted octanol–water partition coefficient (Wildman–Crippen LogP) is 2.71. The summed E-state index contributed by atoms with van der Waals surface area (Å²) >= 11 is 0. The van der Waals surface area contributed by atoms with Crippen molar-refractivity contribution in [2.24, 2.45) is 0 Å². The Balaban J connectivity index is 2.27. The van der Waals surface area contributed by atoms with Crippen molar-refractivity contribution < 1.29 is 4.74 Å². The number of pyridine rings is 1. The number of benzene rings is 1. The van der Waals surface area contributed by atoms with Crippen molar-refractivity contribution in [1.29, 1.82) is 0 Å². The normalized spacial score (nSPS) is 10.6. The molecule has 0 spiro atoms. The number of hydrogen-bond donors (Lipinski definition) is 1. The largest absolute Gasteiger partial charge is 0.494 e. The van der Waals surface area contributed by atoms with E-state index >= 15 is 0 Å². The van der Waals surface area contributed by atoms with Gasteiger partial charge in [-0.25, -0.2) is 0 Å². The topological polar surface area (TPSA) is 42.1 Å². The van der Waals surface area contributed by atoms with E-state index in [2.05, 4.69) is 11.9 Å². The van der Waals surface area contributed by atoms with Gasteiger partial charge in [-0.3, -0.25) is 4.79 Å². The van der Waals surface area contributed by atoms with Gasteiger partial charge in [-0.05, 0) is 18.6 Å². The zero-order chi connectivity index (χ0) is 11.4. The smallest absolute Gasteiger partial charge is 0.189 e. The lowest BCUT2D eigenvalue weighted by Crippen LogP contribution is -2.01. The van der Waals surface area contributed by atoms with Crippen molar-refractivity contribution in [1.82, 2.24) is 4.98 Å². The number of unbranched alkanes of at least 4 members (excludes halogenated alkanes) is 1.